The average Bonchev–Trinajstić information content (AvgIpc) is 3.49. The van der Waals surface area contributed by atoms with E-state index in [1.165, 1.54) is 29.7 Å². The van der Waals surface area contributed by atoms with E-state index >= 15 is 0 Å². The van der Waals surface area contributed by atoms with E-state index in [-0.39, 0.29) is 22.7 Å². The summed E-state index contributed by atoms with van der Waals surface area (Å²) in [6, 6.07) is 9.18. The molecule has 1 aliphatic heterocycles. The maximum Gasteiger partial charge on any atom is 0.322 e. The molecule has 1 amide bonds. The summed E-state index contributed by atoms with van der Waals surface area (Å²) in [6.45, 7) is 9.77. The van der Waals surface area contributed by atoms with Gasteiger partial charge >= 0.3 is 4.87 Å². The summed E-state index contributed by atoms with van der Waals surface area (Å²) in [5, 5.41) is 10.5. The topological polar surface area (TPSA) is 100 Å². The maximum absolute atomic E-state index is 13.1. The van der Waals surface area contributed by atoms with Crippen LogP contribution in [0.3, 0.4) is 0 Å². The zero-order chi connectivity index (χ0) is 25.2. The number of pyridine rings is 1. The van der Waals surface area contributed by atoms with Gasteiger partial charge in [0.2, 0.25) is 0 Å². The third kappa shape index (κ3) is 5.21. The average molecular weight is 506 g/mol. The lowest BCUT2D eigenvalue weighted by Gasteiger charge is -2.20. The number of fused-ring (bicyclic) bond motifs is 1. The van der Waals surface area contributed by atoms with Crippen LogP contribution in [0, 0.1) is 6.92 Å². The highest BCUT2D eigenvalue weighted by atomic mass is 32.1. The summed E-state index contributed by atoms with van der Waals surface area (Å²) >= 11 is 1.09. The first-order valence-corrected chi connectivity index (χ1v) is 13.2. The van der Waals surface area contributed by atoms with E-state index in [4.69, 9.17) is 9.72 Å². The molecule has 2 N–H and O–H groups in total. The highest BCUT2D eigenvalue weighted by molar-refractivity contribution is 7.08. The van der Waals surface area contributed by atoms with Gasteiger partial charge in [0.25, 0.3) is 5.91 Å². The Morgan fingerprint density at radius 3 is 2.75 bits per heavy atom. The lowest BCUT2D eigenvalue weighted by atomic mass is 9.92. The Morgan fingerprint density at radius 2 is 2.03 bits per heavy atom. The van der Waals surface area contributed by atoms with Crippen molar-refractivity contribution in [3.05, 3.63) is 85.4 Å². The second kappa shape index (κ2) is 10.3. The molecule has 0 spiro atoms. The minimum atomic E-state index is -0.193. The maximum atomic E-state index is 13.1. The number of hydrogen-bond acceptors (Lipinski definition) is 7. The summed E-state index contributed by atoms with van der Waals surface area (Å²) in [5.74, 6) is 0.479. The third-order valence-electron chi connectivity index (χ3n) is 6.98. The van der Waals surface area contributed by atoms with Crippen molar-refractivity contribution in [3.63, 3.8) is 0 Å². The molecule has 8 nitrogen and oxygen atoms in total. The van der Waals surface area contributed by atoms with Crippen LogP contribution in [-0.2, 0) is 19.4 Å². The van der Waals surface area contributed by atoms with Gasteiger partial charge in [-0.25, -0.2) is 5.10 Å². The molecule has 2 atom stereocenters. The molecule has 9 heteroatoms. The fourth-order valence-electron chi connectivity index (χ4n) is 5.10. The first-order chi connectivity index (χ1) is 17.4. The van der Waals surface area contributed by atoms with Gasteiger partial charge in [-0.1, -0.05) is 17.9 Å². The first kappa shape index (κ1) is 24.2. The molecule has 1 aliphatic carbocycles. The molecule has 1 aromatic carbocycles. The number of hydrogen-bond donors (Lipinski definition) is 2. The molecular weight excluding hydrogens is 474 g/mol. The van der Waals surface area contributed by atoms with Gasteiger partial charge in [-0.15, -0.1) is 0 Å². The van der Waals surface area contributed by atoms with Gasteiger partial charge in [-0.2, -0.15) is 5.10 Å². The Kier molecular flexibility index (Phi) is 6.91. The lowest BCUT2D eigenvalue weighted by Crippen LogP contribution is -2.39. The van der Waals surface area contributed by atoms with Crippen molar-refractivity contribution in [2.45, 2.75) is 58.1 Å². The Balaban J connectivity index is 1.24. The Hall–Kier alpha value is -3.46. The van der Waals surface area contributed by atoms with Crippen LogP contribution in [0.4, 0.5) is 0 Å². The van der Waals surface area contributed by atoms with E-state index in [9.17, 15) is 9.59 Å². The monoisotopic (exact) mass is 505 g/mol. The minimum absolute atomic E-state index is 0.0769. The molecule has 188 valence electrons. The molecule has 5 rings (SSSR count). The molecule has 0 unspecified atom stereocenters. The molecule has 0 saturated carbocycles. The Labute approximate surface area is 214 Å². The standard InChI is InChI=1S/C27H31N5O3S/c1-16(2)32-13-22(26-30-31-27(34)36-26)24(14-32)29-25(33)18-8-10-20(11-9-18)35-15-19-12-17(3)28-23-7-5-4-6-21(19)23/h8-12,22,24H,1,4-7,13-15H2,2-3H3,(H,29,33)(H,31,34)/t22-,24+/m0/s1. The molecular formula is C27H31N5O3S. The van der Waals surface area contributed by atoms with E-state index in [1.807, 2.05) is 26.0 Å². The van der Waals surface area contributed by atoms with Crippen LogP contribution < -0.4 is 14.9 Å². The number of carbonyl (C=O) groups excluding carboxylic acids is 1. The van der Waals surface area contributed by atoms with Gasteiger partial charge in [0.15, 0.2) is 0 Å². The van der Waals surface area contributed by atoms with Crippen molar-refractivity contribution in [2.24, 2.45) is 0 Å². The number of ether oxygens (including phenoxy) is 1. The van der Waals surface area contributed by atoms with E-state index in [0.717, 1.165) is 41.3 Å². The fraction of sp³-hybridized carbons (Fsp3) is 0.407. The fourth-order valence-corrected chi connectivity index (χ4v) is 5.86. The van der Waals surface area contributed by atoms with Crippen molar-refractivity contribution in [1.82, 2.24) is 25.4 Å². The van der Waals surface area contributed by atoms with Gasteiger partial charge in [0.05, 0.1) is 12.0 Å². The number of likely N-dealkylation sites (tertiary alicyclic amines) is 1. The zero-order valence-corrected chi connectivity index (χ0v) is 21.5. The summed E-state index contributed by atoms with van der Waals surface area (Å²) in [6.07, 6.45) is 4.49. The number of carbonyl (C=O) groups is 1. The van der Waals surface area contributed by atoms with Crippen LogP contribution in [0.5, 0.6) is 5.75 Å². The first-order valence-electron chi connectivity index (χ1n) is 12.3. The molecule has 36 heavy (non-hydrogen) atoms. The molecule has 1 fully saturated rings. The molecule has 0 radical (unpaired) electrons. The number of aromatic amines is 1. The number of H-pyrrole nitrogens is 1. The molecule has 2 aliphatic rings. The van der Waals surface area contributed by atoms with Crippen molar-refractivity contribution in [2.75, 3.05) is 13.1 Å². The predicted octanol–water partition coefficient (Wildman–Crippen LogP) is 3.72. The molecule has 2 aromatic heterocycles. The summed E-state index contributed by atoms with van der Waals surface area (Å²) in [4.78, 5) is 31.3. The van der Waals surface area contributed by atoms with Crippen molar-refractivity contribution >= 4 is 17.2 Å². The summed E-state index contributed by atoms with van der Waals surface area (Å²) in [5.41, 5.74) is 6.26. The Bertz CT molecular complexity index is 1330. The van der Waals surface area contributed by atoms with E-state index in [2.05, 4.69) is 33.1 Å². The van der Waals surface area contributed by atoms with Crippen LogP contribution in [0.1, 0.15) is 63.6 Å². The quantitative estimate of drug-likeness (QED) is 0.508. The van der Waals surface area contributed by atoms with Gasteiger partial charge in [-0.3, -0.25) is 14.6 Å². The number of benzene rings is 1. The Morgan fingerprint density at radius 1 is 1.25 bits per heavy atom. The highest BCUT2D eigenvalue weighted by Gasteiger charge is 2.37. The zero-order valence-electron chi connectivity index (χ0n) is 20.7. The molecule has 1 saturated heterocycles. The van der Waals surface area contributed by atoms with E-state index in [0.29, 0.717) is 30.3 Å². The largest absolute Gasteiger partial charge is 0.489 e. The molecule has 3 heterocycles. The van der Waals surface area contributed by atoms with Crippen LogP contribution >= 0.6 is 11.3 Å². The number of aromatic nitrogens is 3. The number of amides is 1. The van der Waals surface area contributed by atoms with Gasteiger partial charge in [0, 0.05) is 35.7 Å². The van der Waals surface area contributed by atoms with Crippen molar-refractivity contribution in [3.8, 4) is 5.75 Å². The highest BCUT2D eigenvalue weighted by Crippen LogP contribution is 2.30. The smallest absolute Gasteiger partial charge is 0.322 e. The van der Waals surface area contributed by atoms with Crippen LogP contribution in [0.25, 0.3) is 0 Å². The van der Waals surface area contributed by atoms with E-state index in [1.54, 1.807) is 12.1 Å². The SMILES string of the molecule is C=C(C)N1C[C@H](c2n[nH]c(=O)s2)[C@H](NC(=O)c2ccc(OCc3cc(C)nc4c3CCCC4)cc2)C1. The second-order valence-electron chi connectivity index (χ2n) is 9.65. The third-order valence-corrected chi connectivity index (χ3v) is 7.86. The number of rotatable bonds is 7. The number of allylic oxidation sites excluding steroid dienone is 1. The number of aryl methyl sites for hydroxylation is 2. The number of nitrogens with one attached hydrogen (secondary N) is 2. The van der Waals surface area contributed by atoms with Crippen molar-refractivity contribution in [1.29, 1.82) is 0 Å². The summed E-state index contributed by atoms with van der Waals surface area (Å²) in [7, 11) is 0. The van der Waals surface area contributed by atoms with Gasteiger partial charge < -0.3 is 15.0 Å². The van der Waals surface area contributed by atoms with Crippen LogP contribution in [-0.4, -0.2) is 45.1 Å². The second-order valence-corrected chi connectivity index (χ2v) is 10.6. The van der Waals surface area contributed by atoms with Crippen molar-refractivity contribution < 1.29 is 9.53 Å². The van der Waals surface area contributed by atoms with Crippen LogP contribution in [0.2, 0.25) is 0 Å². The molecule has 3 aromatic rings. The lowest BCUT2D eigenvalue weighted by molar-refractivity contribution is 0.0935. The van der Waals surface area contributed by atoms with Gasteiger partial charge in [-0.05, 0) is 81.0 Å². The molecule has 0 bridgehead atoms. The number of nitrogens with zero attached hydrogens (tertiary/aromatic N) is 3. The predicted molar refractivity (Wildman–Crippen MR) is 140 cm³/mol. The summed E-state index contributed by atoms with van der Waals surface area (Å²) < 4.78 is 6.08. The van der Waals surface area contributed by atoms with E-state index < -0.39 is 0 Å². The van der Waals surface area contributed by atoms with Crippen LogP contribution in [0.15, 0.2) is 47.4 Å². The normalized spacial score (nSPS) is 19.1. The minimum Gasteiger partial charge on any atom is -0.489 e. The van der Waals surface area contributed by atoms with Gasteiger partial charge in [0.1, 0.15) is 17.4 Å².